The van der Waals surface area contributed by atoms with Crippen LogP contribution in [0.25, 0.3) is 0 Å². The minimum Gasteiger partial charge on any atom is -0.497 e. The fraction of sp³-hybridized carbons (Fsp3) is 0.278. The molecule has 2 rings (SSSR count). The summed E-state index contributed by atoms with van der Waals surface area (Å²) in [5, 5.41) is 5.44. The number of nitrogens with zero attached hydrogens (tertiary/aromatic N) is 1. The maximum absolute atomic E-state index is 11.8. The molecule has 2 N–H and O–H groups in total. The number of pyridine rings is 1. The number of hydrogen-bond acceptors (Lipinski definition) is 4. The Morgan fingerprint density at radius 3 is 2.46 bits per heavy atom. The summed E-state index contributed by atoms with van der Waals surface area (Å²) >= 11 is 0. The second kappa shape index (κ2) is 9.29. The Kier molecular flexibility index (Phi) is 6.76. The third-order valence-electron chi connectivity index (χ3n) is 3.43. The first-order chi connectivity index (χ1) is 11.7. The first kappa shape index (κ1) is 17.5. The number of ether oxygens (including phenoxy) is 1. The van der Waals surface area contributed by atoms with Crippen LogP contribution in [0.4, 0.5) is 0 Å². The Labute approximate surface area is 141 Å². The number of benzene rings is 1. The van der Waals surface area contributed by atoms with Gasteiger partial charge in [0.2, 0.25) is 11.8 Å². The molecule has 0 radical (unpaired) electrons. The summed E-state index contributed by atoms with van der Waals surface area (Å²) in [5.74, 6) is 0.209. The van der Waals surface area contributed by atoms with Crippen molar-refractivity contribution in [2.75, 3.05) is 13.7 Å². The summed E-state index contributed by atoms with van der Waals surface area (Å²) in [4.78, 5) is 27.4. The standard InChI is InChI=1S/C18H21N3O3/c1-24-16-6-4-14(5-7-16)8-10-20-17(22)11-18(23)21-13-15-3-2-9-19-12-15/h2-7,9,12H,8,10-11,13H2,1H3,(H,20,22)(H,21,23). The Hall–Kier alpha value is -2.89. The lowest BCUT2D eigenvalue weighted by Gasteiger charge is -2.07. The fourth-order valence-corrected chi connectivity index (χ4v) is 2.11. The number of methoxy groups -OCH3 is 1. The zero-order valence-electron chi connectivity index (χ0n) is 13.6. The van der Waals surface area contributed by atoms with Gasteiger partial charge in [0.25, 0.3) is 0 Å². The molecular formula is C18H21N3O3. The van der Waals surface area contributed by atoms with Gasteiger partial charge in [-0.1, -0.05) is 18.2 Å². The summed E-state index contributed by atoms with van der Waals surface area (Å²) < 4.78 is 5.09. The van der Waals surface area contributed by atoms with Crippen molar-refractivity contribution in [2.24, 2.45) is 0 Å². The number of rotatable bonds is 8. The van der Waals surface area contributed by atoms with Gasteiger partial charge in [-0.15, -0.1) is 0 Å². The minimum absolute atomic E-state index is 0.178. The highest BCUT2D eigenvalue weighted by Crippen LogP contribution is 2.11. The number of aromatic nitrogens is 1. The van der Waals surface area contributed by atoms with Crippen molar-refractivity contribution < 1.29 is 14.3 Å². The Bertz CT molecular complexity index is 657. The van der Waals surface area contributed by atoms with Crippen LogP contribution in [0, 0.1) is 0 Å². The first-order valence-electron chi connectivity index (χ1n) is 7.72. The molecule has 0 aliphatic carbocycles. The molecule has 0 saturated heterocycles. The van der Waals surface area contributed by atoms with Crippen LogP contribution in [0.2, 0.25) is 0 Å². The second-order valence-corrected chi connectivity index (χ2v) is 5.26. The highest BCUT2D eigenvalue weighted by atomic mass is 16.5. The molecule has 0 bridgehead atoms. The molecule has 6 nitrogen and oxygen atoms in total. The topological polar surface area (TPSA) is 80.3 Å². The van der Waals surface area contributed by atoms with E-state index in [-0.39, 0.29) is 18.2 Å². The molecule has 0 unspecified atom stereocenters. The van der Waals surface area contributed by atoms with E-state index in [2.05, 4.69) is 15.6 Å². The zero-order chi connectivity index (χ0) is 17.2. The molecule has 0 atom stereocenters. The number of amides is 2. The zero-order valence-corrected chi connectivity index (χ0v) is 13.6. The monoisotopic (exact) mass is 327 g/mol. The van der Waals surface area contributed by atoms with Gasteiger partial charge in [0.1, 0.15) is 12.2 Å². The molecule has 0 saturated carbocycles. The highest BCUT2D eigenvalue weighted by molar-refractivity contribution is 5.96. The third-order valence-corrected chi connectivity index (χ3v) is 3.43. The largest absolute Gasteiger partial charge is 0.497 e. The van der Waals surface area contributed by atoms with Crippen molar-refractivity contribution in [3.63, 3.8) is 0 Å². The molecule has 24 heavy (non-hydrogen) atoms. The van der Waals surface area contributed by atoms with E-state index in [1.54, 1.807) is 25.6 Å². The second-order valence-electron chi connectivity index (χ2n) is 5.26. The van der Waals surface area contributed by atoms with Crippen LogP contribution in [0.15, 0.2) is 48.8 Å². The average Bonchev–Trinajstić information content (AvgIpc) is 2.61. The van der Waals surface area contributed by atoms with Gasteiger partial charge in [-0.2, -0.15) is 0 Å². The molecule has 2 aromatic rings. The van der Waals surface area contributed by atoms with Gasteiger partial charge >= 0.3 is 0 Å². The summed E-state index contributed by atoms with van der Waals surface area (Å²) in [5.41, 5.74) is 1.99. The molecular weight excluding hydrogens is 306 g/mol. The maximum Gasteiger partial charge on any atom is 0.229 e. The van der Waals surface area contributed by atoms with E-state index in [9.17, 15) is 9.59 Å². The van der Waals surface area contributed by atoms with Gasteiger partial charge in [-0.25, -0.2) is 0 Å². The molecule has 1 aromatic heterocycles. The lowest BCUT2D eigenvalue weighted by atomic mass is 10.1. The summed E-state index contributed by atoms with van der Waals surface area (Å²) in [7, 11) is 1.62. The number of nitrogens with one attached hydrogen (secondary N) is 2. The van der Waals surface area contributed by atoms with Crippen LogP contribution in [0.1, 0.15) is 17.5 Å². The molecule has 0 aliphatic rings. The van der Waals surface area contributed by atoms with E-state index < -0.39 is 0 Å². The van der Waals surface area contributed by atoms with Gasteiger partial charge in [0.15, 0.2) is 0 Å². The molecule has 1 aromatic carbocycles. The lowest BCUT2D eigenvalue weighted by Crippen LogP contribution is -2.32. The molecule has 126 valence electrons. The molecule has 0 spiro atoms. The van der Waals surface area contributed by atoms with E-state index in [1.165, 1.54) is 0 Å². The Balaban J connectivity index is 1.64. The normalized spacial score (nSPS) is 10.0. The van der Waals surface area contributed by atoms with Crippen LogP contribution in [-0.4, -0.2) is 30.5 Å². The molecule has 6 heteroatoms. The number of hydrogen-bond donors (Lipinski definition) is 2. The smallest absolute Gasteiger partial charge is 0.229 e. The molecule has 0 aliphatic heterocycles. The van der Waals surface area contributed by atoms with E-state index in [4.69, 9.17) is 4.74 Å². The summed E-state index contributed by atoms with van der Waals surface area (Å²) in [6.07, 6.45) is 3.87. The lowest BCUT2D eigenvalue weighted by molar-refractivity contribution is -0.129. The quantitative estimate of drug-likeness (QED) is 0.719. The van der Waals surface area contributed by atoms with Crippen LogP contribution in [-0.2, 0) is 22.6 Å². The highest BCUT2D eigenvalue weighted by Gasteiger charge is 2.08. The van der Waals surface area contributed by atoms with Crippen molar-refractivity contribution in [1.82, 2.24) is 15.6 Å². The number of carbonyl (C=O) groups excluding carboxylic acids is 2. The number of carbonyl (C=O) groups is 2. The minimum atomic E-state index is -0.305. The Morgan fingerprint density at radius 1 is 1.04 bits per heavy atom. The third kappa shape index (κ3) is 6.08. The van der Waals surface area contributed by atoms with Crippen molar-refractivity contribution in [3.05, 3.63) is 59.9 Å². The van der Waals surface area contributed by atoms with E-state index in [0.717, 1.165) is 16.9 Å². The van der Waals surface area contributed by atoms with Gasteiger partial charge in [0.05, 0.1) is 7.11 Å². The van der Waals surface area contributed by atoms with Crippen molar-refractivity contribution in [3.8, 4) is 5.75 Å². The molecule has 0 fully saturated rings. The Morgan fingerprint density at radius 2 is 1.79 bits per heavy atom. The summed E-state index contributed by atoms with van der Waals surface area (Å²) in [6, 6.07) is 11.3. The predicted octanol–water partition coefficient (Wildman–Crippen LogP) is 1.46. The van der Waals surface area contributed by atoms with Crippen LogP contribution in [0.5, 0.6) is 5.75 Å². The van der Waals surface area contributed by atoms with Gasteiger partial charge in [-0.05, 0) is 35.7 Å². The van der Waals surface area contributed by atoms with Gasteiger partial charge in [-0.3, -0.25) is 14.6 Å². The SMILES string of the molecule is COc1ccc(CCNC(=O)CC(=O)NCc2cccnc2)cc1. The average molecular weight is 327 g/mol. The van der Waals surface area contributed by atoms with E-state index in [0.29, 0.717) is 19.5 Å². The van der Waals surface area contributed by atoms with Crippen molar-refractivity contribution in [2.45, 2.75) is 19.4 Å². The van der Waals surface area contributed by atoms with Crippen molar-refractivity contribution in [1.29, 1.82) is 0 Å². The molecule has 1 heterocycles. The predicted molar refractivity (Wildman–Crippen MR) is 90.4 cm³/mol. The van der Waals surface area contributed by atoms with Crippen LogP contribution >= 0.6 is 0 Å². The van der Waals surface area contributed by atoms with Crippen LogP contribution in [0.3, 0.4) is 0 Å². The molecule has 2 amide bonds. The maximum atomic E-state index is 11.8. The summed E-state index contributed by atoms with van der Waals surface area (Å²) in [6.45, 7) is 0.854. The fourth-order valence-electron chi connectivity index (χ4n) is 2.11. The first-order valence-corrected chi connectivity index (χ1v) is 7.72. The van der Waals surface area contributed by atoms with Crippen molar-refractivity contribution >= 4 is 11.8 Å². The van der Waals surface area contributed by atoms with Gasteiger partial charge in [0, 0.05) is 25.5 Å². The van der Waals surface area contributed by atoms with E-state index >= 15 is 0 Å². The van der Waals surface area contributed by atoms with Gasteiger partial charge < -0.3 is 15.4 Å². The van der Waals surface area contributed by atoms with E-state index in [1.807, 2.05) is 30.3 Å². The van der Waals surface area contributed by atoms with Crippen LogP contribution < -0.4 is 15.4 Å².